The zero-order valence-electron chi connectivity index (χ0n) is 19.9. The van der Waals surface area contributed by atoms with Gasteiger partial charge < -0.3 is 29.4 Å². The molecule has 2 aromatic rings. The van der Waals surface area contributed by atoms with Gasteiger partial charge in [0.2, 0.25) is 5.75 Å². The summed E-state index contributed by atoms with van der Waals surface area (Å²) in [5, 5.41) is 10.1. The smallest absolute Gasteiger partial charge is 0.355 e. The van der Waals surface area contributed by atoms with E-state index in [1.165, 1.54) is 52.6 Å². The normalized spacial score (nSPS) is 15.3. The van der Waals surface area contributed by atoms with Crippen molar-refractivity contribution in [2.75, 3.05) is 40.4 Å². The monoisotopic (exact) mass is 479 g/mol. The van der Waals surface area contributed by atoms with Crippen molar-refractivity contribution in [3.63, 3.8) is 0 Å². The first-order valence-electron chi connectivity index (χ1n) is 10.3. The van der Waals surface area contributed by atoms with E-state index in [1.54, 1.807) is 30.3 Å². The molecule has 0 radical (unpaired) electrons. The molecule has 182 valence electrons. The predicted octanol–water partition coefficient (Wildman–Crippen LogP) is 2.61. The average Bonchev–Trinajstić information content (AvgIpc) is 2.90. The highest BCUT2D eigenvalue weighted by atomic mass is 16.5. The third-order valence-electron chi connectivity index (χ3n) is 5.52. The minimum absolute atomic E-state index is 0.0398. The van der Waals surface area contributed by atoms with E-state index in [9.17, 15) is 14.9 Å². The van der Waals surface area contributed by atoms with Crippen molar-refractivity contribution in [3.8, 4) is 23.3 Å². The van der Waals surface area contributed by atoms with Crippen LogP contribution in [0.25, 0.3) is 0 Å². The van der Waals surface area contributed by atoms with Crippen LogP contribution in [0.15, 0.2) is 65.1 Å². The molecule has 0 spiro atoms. The molecule has 10 heteroatoms. The van der Waals surface area contributed by atoms with Crippen LogP contribution in [0.3, 0.4) is 0 Å². The second kappa shape index (κ2) is 10.5. The standard InChI is InChI=1S/C25H25N3O7/c1-31-17-11-15(12-18(32-2)22(17)33-3)28-21(25(30)35-5)20(24(29)34-4)19(16(13-26)23(28)27)14-9-7-6-8-10-14/h6-12,19H,27H2,1-5H3. The van der Waals surface area contributed by atoms with E-state index < -0.39 is 17.9 Å². The minimum atomic E-state index is -0.971. The summed E-state index contributed by atoms with van der Waals surface area (Å²) in [5.74, 6) is -1.90. The van der Waals surface area contributed by atoms with Crippen molar-refractivity contribution in [1.29, 1.82) is 5.26 Å². The summed E-state index contributed by atoms with van der Waals surface area (Å²) in [6.07, 6.45) is 0. The quantitative estimate of drug-likeness (QED) is 0.591. The number of benzene rings is 2. The molecule has 2 aromatic carbocycles. The third-order valence-corrected chi connectivity index (χ3v) is 5.52. The zero-order chi connectivity index (χ0) is 25.7. The van der Waals surface area contributed by atoms with Gasteiger partial charge in [0.05, 0.1) is 64.4 Å². The Bertz CT molecular complexity index is 1220. The molecule has 0 bridgehead atoms. The van der Waals surface area contributed by atoms with Crippen LogP contribution in [0.1, 0.15) is 11.5 Å². The summed E-state index contributed by atoms with van der Waals surface area (Å²) in [6.45, 7) is 0. The lowest BCUT2D eigenvalue weighted by molar-refractivity contribution is -0.139. The molecule has 0 amide bonds. The van der Waals surface area contributed by atoms with Crippen LogP contribution in [0.5, 0.6) is 17.2 Å². The number of ether oxygens (including phenoxy) is 5. The topological polar surface area (TPSA) is 133 Å². The van der Waals surface area contributed by atoms with Gasteiger partial charge in [0, 0.05) is 12.1 Å². The van der Waals surface area contributed by atoms with Gasteiger partial charge in [-0.05, 0) is 5.56 Å². The Morgan fingerprint density at radius 1 is 0.914 bits per heavy atom. The zero-order valence-corrected chi connectivity index (χ0v) is 19.9. The first-order chi connectivity index (χ1) is 16.9. The van der Waals surface area contributed by atoms with Gasteiger partial charge in [0.15, 0.2) is 11.5 Å². The van der Waals surface area contributed by atoms with Crippen molar-refractivity contribution in [2.45, 2.75) is 5.92 Å². The number of nitriles is 1. The van der Waals surface area contributed by atoms with Crippen LogP contribution in [0, 0.1) is 11.3 Å². The molecule has 2 N–H and O–H groups in total. The van der Waals surface area contributed by atoms with Crippen LogP contribution in [-0.4, -0.2) is 47.5 Å². The molecule has 10 nitrogen and oxygen atoms in total. The summed E-state index contributed by atoms with van der Waals surface area (Å²) in [7, 11) is 6.67. The Morgan fingerprint density at radius 3 is 1.94 bits per heavy atom. The molecule has 3 rings (SSSR count). The average molecular weight is 479 g/mol. The minimum Gasteiger partial charge on any atom is -0.493 e. The Labute approximate surface area is 202 Å². The molecule has 1 unspecified atom stereocenters. The van der Waals surface area contributed by atoms with Crippen LogP contribution < -0.4 is 24.8 Å². The molecule has 0 saturated carbocycles. The number of anilines is 1. The van der Waals surface area contributed by atoms with Gasteiger partial charge in [0.1, 0.15) is 11.5 Å². The van der Waals surface area contributed by atoms with Gasteiger partial charge >= 0.3 is 11.9 Å². The summed E-state index contributed by atoms with van der Waals surface area (Å²) < 4.78 is 26.3. The van der Waals surface area contributed by atoms with E-state index in [4.69, 9.17) is 29.4 Å². The number of carbonyl (C=O) groups excluding carboxylic acids is 2. The van der Waals surface area contributed by atoms with Gasteiger partial charge in [-0.15, -0.1) is 0 Å². The van der Waals surface area contributed by atoms with Crippen LogP contribution in [0.4, 0.5) is 5.69 Å². The number of nitrogens with two attached hydrogens (primary N) is 1. The molecule has 0 saturated heterocycles. The summed E-state index contributed by atoms with van der Waals surface area (Å²) in [5.41, 5.74) is 7.06. The predicted molar refractivity (Wildman–Crippen MR) is 126 cm³/mol. The van der Waals surface area contributed by atoms with Crippen LogP contribution >= 0.6 is 0 Å². The number of esters is 2. The van der Waals surface area contributed by atoms with Gasteiger partial charge in [-0.1, -0.05) is 30.3 Å². The van der Waals surface area contributed by atoms with Gasteiger partial charge in [-0.3, -0.25) is 4.90 Å². The highest BCUT2D eigenvalue weighted by molar-refractivity contribution is 6.06. The maximum Gasteiger partial charge on any atom is 0.355 e. The number of hydrogen-bond acceptors (Lipinski definition) is 10. The maximum atomic E-state index is 13.2. The first-order valence-corrected chi connectivity index (χ1v) is 10.3. The fraction of sp³-hybridized carbons (Fsp3) is 0.240. The molecule has 1 aliphatic heterocycles. The van der Waals surface area contributed by atoms with Crippen molar-refractivity contribution >= 4 is 17.6 Å². The highest BCUT2D eigenvalue weighted by Gasteiger charge is 2.43. The molecule has 0 aliphatic carbocycles. The summed E-state index contributed by atoms with van der Waals surface area (Å²) in [4.78, 5) is 27.5. The molecule has 1 aliphatic rings. The largest absolute Gasteiger partial charge is 0.493 e. The Morgan fingerprint density at radius 2 is 1.49 bits per heavy atom. The van der Waals surface area contributed by atoms with E-state index in [2.05, 4.69) is 6.07 Å². The van der Waals surface area contributed by atoms with Gasteiger partial charge in [0.25, 0.3) is 0 Å². The van der Waals surface area contributed by atoms with Crippen molar-refractivity contribution in [1.82, 2.24) is 0 Å². The fourth-order valence-corrected chi connectivity index (χ4v) is 3.98. The number of hydrogen-bond donors (Lipinski definition) is 1. The third kappa shape index (κ3) is 4.31. The number of rotatable bonds is 7. The Balaban J connectivity index is 2.45. The fourth-order valence-electron chi connectivity index (χ4n) is 3.98. The second-order valence-corrected chi connectivity index (χ2v) is 7.22. The van der Waals surface area contributed by atoms with E-state index in [0.717, 1.165) is 0 Å². The number of nitrogens with zero attached hydrogens (tertiary/aromatic N) is 2. The SMILES string of the molecule is COC(=O)C1=C(C(=O)OC)N(c2cc(OC)c(OC)c(OC)c2)C(N)=C(C#N)C1c1ccccc1. The summed E-state index contributed by atoms with van der Waals surface area (Å²) >= 11 is 0. The molecule has 1 atom stereocenters. The molecule has 0 fully saturated rings. The first kappa shape index (κ1) is 25.0. The maximum absolute atomic E-state index is 13.2. The second-order valence-electron chi connectivity index (χ2n) is 7.22. The molecule has 1 heterocycles. The number of carbonyl (C=O) groups is 2. The lowest BCUT2D eigenvalue weighted by Gasteiger charge is -2.36. The van der Waals surface area contributed by atoms with E-state index in [0.29, 0.717) is 11.3 Å². The molecule has 0 aromatic heterocycles. The van der Waals surface area contributed by atoms with E-state index in [-0.39, 0.29) is 39.9 Å². The van der Waals surface area contributed by atoms with Crippen molar-refractivity contribution in [3.05, 3.63) is 70.7 Å². The number of methoxy groups -OCH3 is 5. The van der Waals surface area contributed by atoms with Gasteiger partial charge in [-0.2, -0.15) is 5.26 Å². The van der Waals surface area contributed by atoms with Crippen LogP contribution in [0.2, 0.25) is 0 Å². The highest BCUT2D eigenvalue weighted by Crippen LogP contribution is 2.47. The van der Waals surface area contributed by atoms with Crippen LogP contribution in [-0.2, 0) is 19.1 Å². The molecule has 35 heavy (non-hydrogen) atoms. The Hall–Kier alpha value is -4.65. The lowest BCUT2D eigenvalue weighted by Crippen LogP contribution is -2.40. The Kier molecular flexibility index (Phi) is 7.51. The van der Waals surface area contributed by atoms with Crippen molar-refractivity contribution in [2.24, 2.45) is 5.73 Å². The van der Waals surface area contributed by atoms with Gasteiger partial charge in [-0.25, -0.2) is 9.59 Å². The van der Waals surface area contributed by atoms with E-state index in [1.807, 2.05) is 0 Å². The molecular weight excluding hydrogens is 454 g/mol. The summed E-state index contributed by atoms with van der Waals surface area (Å²) in [6, 6.07) is 13.9. The van der Waals surface area contributed by atoms with Crippen molar-refractivity contribution < 1.29 is 33.3 Å². The molecular formula is C25H25N3O7. The number of allylic oxidation sites excluding steroid dienone is 1. The van der Waals surface area contributed by atoms with E-state index >= 15 is 0 Å². The lowest BCUT2D eigenvalue weighted by atomic mass is 9.81.